The number of nitrogens with two attached hydrogens (primary N) is 1. The van der Waals surface area contributed by atoms with Gasteiger partial charge < -0.3 is 15.3 Å². The molecule has 4 heteroatoms. The van der Waals surface area contributed by atoms with E-state index in [1.165, 1.54) is 0 Å². The molecule has 1 aromatic carbocycles. The van der Waals surface area contributed by atoms with Crippen molar-refractivity contribution in [3.63, 3.8) is 0 Å². The van der Waals surface area contributed by atoms with Crippen LogP contribution in [0.15, 0.2) is 34.7 Å². The first-order chi connectivity index (χ1) is 6.27. The van der Waals surface area contributed by atoms with Crippen molar-refractivity contribution in [1.82, 2.24) is 4.98 Å². The van der Waals surface area contributed by atoms with Gasteiger partial charge in [0.05, 0.1) is 0 Å². The largest absolute Gasteiger partial charge is 0.479 e. The monoisotopic (exact) mass is 176 g/mol. The lowest BCUT2D eigenvalue weighted by Gasteiger charge is -1.93. The molecule has 0 fully saturated rings. The van der Waals surface area contributed by atoms with Gasteiger partial charge in [-0.25, -0.2) is 0 Å². The smallest absolute Gasteiger partial charge is 0.312 e. The average Bonchev–Trinajstić information content (AvgIpc) is 2.47. The van der Waals surface area contributed by atoms with Gasteiger partial charge in [0.15, 0.2) is 5.69 Å². The van der Waals surface area contributed by atoms with Gasteiger partial charge in [0.2, 0.25) is 0 Å². The summed E-state index contributed by atoms with van der Waals surface area (Å²) in [5, 5.41) is 9.28. The van der Waals surface area contributed by atoms with E-state index >= 15 is 0 Å². The van der Waals surface area contributed by atoms with Crippen molar-refractivity contribution in [3.8, 4) is 17.2 Å². The normalized spacial score (nSPS) is 10.2. The highest BCUT2D eigenvalue weighted by Gasteiger charge is 2.11. The van der Waals surface area contributed by atoms with E-state index in [0.29, 0.717) is 5.69 Å². The second kappa shape index (κ2) is 2.82. The molecule has 3 N–H and O–H groups in total. The predicted octanol–water partition coefficient (Wildman–Crippen LogP) is 1.63. The van der Waals surface area contributed by atoms with Crippen molar-refractivity contribution >= 4 is 6.01 Å². The molecule has 0 unspecified atom stereocenters. The number of nitrogens with zero attached hydrogens (tertiary/aromatic N) is 1. The molecule has 0 spiro atoms. The van der Waals surface area contributed by atoms with E-state index in [1.807, 2.05) is 30.3 Å². The molecule has 0 atom stereocenters. The number of rotatable bonds is 1. The maximum atomic E-state index is 9.28. The number of aromatic hydroxyl groups is 1. The second-order valence-corrected chi connectivity index (χ2v) is 2.57. The highest BCUT2D eigenvalue weighted by molar-refractivity contribution is 5.64. The van der Waals surface area contributed by atoms with Crippen LogP contribution in [0.1, 0.15) is 0 Å². The number of aromatic nitrogens is 1. The Kier molecular flexibility index (Phi) is 1.66. The second-order valence-electron chi connectivity index (χ2n) is 2.57. The van der Waals surface area contributed by atoms with E-state index in [-0.39, 0.29) is 12.0 Å². The molecule has 0 bridgehead atoms. The van der Waals surface area contributed by atoms with Crippen molar-refractivity contribution in [3.05, 3.63) is 30.3 Å². The van der Waals surface area contributed by atoms with E-state index in [9.17, 15) is 5.11 Å². The highest BCUT2D eigenvalue weighted by atomic mass is 16.5. The lowest BCUT2D eigenvalue weighted by atomic mass is 10.2. The first-order valence-electron chi connectivity index (χ1n) is 3.78. The van der Waals surface area contributed by atoms with Crippen LogP contribution in [0, 0.1) is 0 Å². The Bertz CT molecular complexity index is 409. The predicted molar refractivity (Wildman–Crippen MR) is 48.0 cm³/mol. The van der Waals surface area contributed by atoms with Gasteiger partial charge in [0, 0.05) is 5.56 Å². The molecule has 1 heterocycles. The number of hydrogen-bond acceptors (Lipinski definition) is 4. The summed E-state index contributed by atoms with van der Waals surface area (Å²) in [5.41, 5.74) is 6.43. The third-order valence-corrected chi connectivity index (χ3v) is 1.67. The molecule has 0 amide bonds. The summed E-state index contributed by atoms with van der Waals surface area (Å²) in [5.74, 6) is -0.247. The molecule has 0 aliphatic rings. The van der Waals surface area contributed by atoms with Crippen LogP contribution in [0.5, 0.6) is 5.95 Å². The van der Waals surface area contributed by atoms with Crippen LogP contribution in [0.25, 0.3) is 11.3 Å². The number of hydrogen-bond donors (Lipinski definition) is 2. The minimum Gasteiger partial charge on any atom is -0.479 e. The Labute approximate surface area is 74.6 Å². The fourth-order valence-electron chi connectivity index (χ4n) is 1.11. The zero-order valence-corrected chi connectivity index (χ0v) is 6.77. The van der Waals surface area contributed by atoms with E-state index in [4.69, 9.17) is 10.2 Å². The molecule has 0 aliphatic heterocycles. The van der Waals surface area contributed by atoms with Gasteiger partial charge in [-0.2, -0.15) is 4.98 Å². The first-order valence-corrected chi connectivity index (χ1v) is 3.78. The van der Waals surface area contributed by atoms with Crippen molar-refractivity contribution in [2.75, 3.05) is 5.73 Å². The number of anilines is 1. The van der Waals surface area contributed by atoms with Gasteiger partial charge in [-0.05, 0) is 0 Å². The Balaban J connectivity index is 2.53. The first kappa shape index (κ1) is 7.67. The number of oxazole rings is 1. The molecule has 0 radical (unpaired) electrons. The number of nitrogen functional groups attached to an aromatic ring is 1. The summed E-state index contributed by atoms with van der Waals surface area (Å²) >= 11 is 0. The third-order valence-electron chi connectivity index (χ3n) is 1.67. The van der Waals surface area contributed by atoms with E-state index in [1.54, 1.807) is 0 Å². The fraction of sp³-hybridized carbons (Fsp3) is 0. The average molecular weight is 176 g/mol. The summed E-state index contributed by atoms with van der Waals surface area (Å²) in [6, 6.07) is 9.17. The molecule has 1 aromatic heterocycles. The summed E-state index contributed by atoms with van der Waals surface area (Å²) in [4.78, 5) is 3.84. The van der Waals surface area contributed by atoms with E-state index in [2.05, 4.69) is 4.98 Å². The van der Waals surface area contributed by atoms with Crippen molar-refractivity contribution in [2.24, 2.45) is 0 Å². The zero-order chi connectivity index (χ0) is 9.26. The highest BCUT2D eigenvalue weighted by Crippen LogP contribution is 2.29. The third kappa shape index (κ3) is 1.33. The van der Waals surface area contributed by atoms with Crippen molar-refractivity contribution in [2.45, 2.75) is 0 Å². The Morgan fingerprint density at radius 1 is 1.23 bits per heavy atom. The molecule has 2 aromatic rings. The van der Waals surface area contributed by atoms with Crippen LogP contribution in [-0.4, -0.2) is 10.1 Å². The maximum Gasteiger partial charge on any atom is 0.312 e. The quantitative estimate of drug-likeness (QED) is 0.692. The van der Waals surface area contributed by atoms with Gasteiger partial charge in [0.1, 0.15) is 0 Å². The Morgan fingerprint density at radius 3 is 2.46 bits per heavy atom. The Hall–Kier alpha value is -1.97. The molecule has 0 aliphatic carbocycles. The zero-order valence-electron chi connectivity index (χ0n) is 6.77. The van der Waals surface area contributed by atoms with E-state index in [0.717, 1.165) is 5.56 Å². The van der Waals surface area contributed by atoms with Gasteiger partial charge >= 0.3 is 5.95 Å². The molecular weight excluding hydrogens is 168 g/mol. The summed E-state index contributed by atoms with van der Waals surface area (Å²) in [6.45, 7) is 0. The topological polar surface area (TPSA) is 72.3 Å². The minimum atomic E-state index is -0.247. The molecule has 2 rings (SSSR count). The van der Waals surface area contributed by atoms with Crippen molar-refractivity contribution in [1.29, 1.82) is 0 Å². The molecule has 0 saturated heterocycles. The molecule has 13 heavy (non-hydrogen) atoms. The van der Waals surface area contributed by atoms with E-state index < -0.39 is 0 Å². The van der Waals surface area contributed by atoms with Gasteiger partial charge in [-0.3, -0.25) is 0 Å². The van der Waals surface area contributed by atoms with Crippen molar-refractivity contribution < 1.29 is 9.52 Å². The standard InChI is InChI=1S/C9H8N2O2/c10-9-11-7(8(12)13-9)6-4-2-1-3-5-6/h1-5,12H,(H2,10,11). The van der Waals surface area contributed by atoms with Gasteiger partial charge in [-0.1, -0.05) is 30.3 Å². The Morgan fingerprint density at radius 2 is 1.92 bits per heavy atom. The van der Waals surface area contributed by atoms with Crippen LogP contribution in [-0.2, 0) is 0 Å². The summed E-state index contributed by atoms with van der Waals surface area (Å²) < 4.78 is 4.69. The maximum absolute atomic E-state index is 9.28. The van der Waals surface area contributed by atoms with Crippen LogP contribution in [0.2, 0.25) is 0 Å². The van der Waals surface area contributed by atoms with Gasteiger partial charge in [-0.15, -0.1) is 0 Å². The fourth-order valence-corrected chi connectivity index (χ4v) is 1.11. The minimum absolute atomic E-state index is 0.0312. The SMILES string of the molecule is Nc1nc(-c2ccccc2)c(O)o1. The van der Waals surface area contributed by atoms with Crippen LogP contribution >= 0.6 is 0 Å². The molecule has 4 nitrogen and oxygen atoms in total. The van der Waals surface area contributed by atoms with Crippen LogP contribution < -0.4 is 5.73 Å². The molecular formula is C9H8N2O2. The number of benzene rings is 1. The molecule has 66 valence electrons. The summed E-state index contributed by atoms with van der Waals surface area (Å²) in [7, 11) is 0. The van der Waals surface area contributed by atoms with Gasteiger partial charge in [0.25, 0.3) is 6.01 Å². The lowest BCUT2D eigenvalue weighted by Crippen LogP contribution is -1.83. The molecule has 0 saturated carbocycles. The van der Waals surface area contributed by atoms with Crippen LogP contribution in [0.3, 0.4) is 0 Å². The summed E-state index contributed by atoms with van der Waals surface area (Å²) in [6.07, 6.45) is 0. The van der Waals surface area contributed by atoms with Crippen LogP contribution in [0.4, 0.5) is 6.01 Å². The lowest BCUT2D eigenvalue weighted by molar-refractivity contribution is 0.341.